The zero-order valence-electron chi connectivity index (χ0n) is 19.4. The van der Waals surface area contributed by atoms with Gasteiger partial charge in [-0.05, 0) is 55.0 Å². The number of carbonyl (C=O) groups excluding carboxylic acids is 2. The van der Waals surface area contributed by atoms with Gasteiger partial charge < -0.3 is 10.6 Å². The molecule has 1 aromatic heterocycles. The minimum absolute atomic E-state index is 0.113. The average molecular weight is 481 g/mol. The van der Waals surface area contributed by atoms with Crippen LogP contribution in [0.1, 0.15) is 50.7 Å². The second kappa shape index (κ2) is 8.68. The third-order valence-electron chi connectivity index (χ3n) is 6.14. The fraction of sp³-hybridized carbons (Fsp3) is 0.320. The van der Waals surface area contributed by atoms with Gasteiger partial charge in [0.15, 0.2) is 5.78 Å². The number of aryl methyl sites for hydroxylation is 1. The predicted octanol–water partition coefficient (Wildman–Crippen LogP) is 5.19. The van der Waals surface area contributed by atoms with Gasteiger partial charge >= 0.3 is 0 Å². The summed E-state index contributed by atoms with van der Waals surface area (Å²) < 4.78 is 0. The number of carbonyl (C=O) groups is 2. The number of Topliss-reactive ketones (excluding diaryl/α,β-unsaturated/α-hetero) is 1. The number of nitrogens with one attached hydrogen (secondary N) is 2. The predicted molar refractivity (Wildman–Crippen MR) is 129 cm³/mol. The minimum atomic E-state index is -0.850. The van der Waals surface area contributed by atoms with Gasteiger partial charge in [-0.2, -0.15) is 0 Å². The minimum Gasteiger partial charge on any atom is -0.362 e. The molecule has 2 heterocycles. The maximum Gasteiger partial charge on any atom is 0.269 e. The van der Waals surface area contributed by atoms with Crippen molar-refractivity contribution in [2.75, 3.05) is 5.32 Å². The van der Waals surface area contributed by atoms with E-state index in [2.05, 4.69) is 15.6 Å². The Kier molecular flexibility index (Phi) is 6.03. The van der Waals surface area contributed by atoms with Gasteiger partial charge in [-0.25, -0.2) is 4.98 Å². The molecule has 34 heavy (non-hydrogen) atoms. The van der Waals surface area contributed by atoms with Crippen molar-refractivity contribution in [2.45, 2.75) is 46.5 Å². The van der Waals surface area contributed by atoms with E-state index in [1.54, 1.807) is 19.2 Å². The number of nitro benzene ring substituents is 1. The van der Waals surface area contributed by atoms with Crippen molar-refractivity contribution in [1.82, 2.24) is 10.3 Å². The molecular formula is C25H25ClN4O4. The lowest BCUT2D eigenvalue weighted by atomic mass is 9.68. The molecule has 1 aromatic carbocycles. The van der Waals surface area contributed by atoms with E-state index < -0.39 is 16.7 Å². The van der Waals surface area contributed by atoms with E-state index in [1.165, 1.54) is 18.2 Å². The van der Waals surface area contributed by atoms with E-state index in [0.717, 1.165) is 11.3 Å². The van der Waals surface area contributed by atoms with Crippen LogP contribution < -0.4 is 10.6 Å². The van der Waals surface area contributed by atoms with Crippen LogP contribution in [0.15, 0.2) is 59.1 Å². The molecule has 2 aliphatic rings. The SMILES string of the molecule is CC1=C(C(=O)Nc2cc(C)ccn2)C(c2cc([N+](=O)[O-])ccc2Cl)C2=C(CC(C)(C)CC2=O)N1. The molecule has 2 aromatic rings. The highest BCUT2D eigenvalue weighted by atomic mass is 35.5. The van der Waals surface area contributed by atoms with Gasteiger partial charge in [0.1, 0.15) is 5.82 Å². The molecule has 4 rings (SSSR count). The first-order valence-corrected chi connectivity index (χ1v) is 11.3. The number of ketones is 1. The number of anilines is 1. The lowest BCUT2D eigenvalue weighted by Crippen LogP contribution is -2.39. The maximum atomic E-state index is 13.6. The molecule has 0 fully saturated rings. The Hall–Kier alpha value is -3.52. The molecule has 1 atom stereocenters. The number of aromatic nitrogens is 1. The van der Waals surface area contributed by atoms with Crippen LogP contribution in [0.25, 0.3) is 0 Å². The van der Waals surface area contributed by atoms with Gasteiger partial charge in [0, 0.05) is 58.2 Å². The highest BCUT2D eigenvalue weighted by Crippen LogP contribution is 2.48. The molecule has 2 N–H and O–H groups in total. The Balaban J connectivity index is 1.88. The molecule has 0 saturated heterocycles. The number of amides is 1. The first-order chi connectivity index (χ1) is 16.0. The van der Waals surface area contributed by atoms with Crippen molar-refractivity contribution in [3.05, 3.63) is 85.3 Å². The van der Waals surface area contributed by atoms with Crippen LogP contribution in [-0.2, 0) is 9.59 Å². The lowest BCUT2D eigenvalue weighted by Gasteiger charge is -2.39. The second-order valence-corrected chi connectivity index (χ2v) is 9.97. The third-order valence-corrected chi connectivity index (χ3v) is 6.49. The van der Waals surface area contributed by atoms with Crippen molar-refractivity contribution in [1.29, 1.82) is 0 Å². The van der Waals surface area contributed by atoms with E-state index >= 15 is 0 Å². The highest BCUT2D eigenvalue weighted by molar-refractivity contribution is 6.31. The first kappa shape index (κ1) is 23.6. The average Bonchev–Trinajstić information content (AvgIpc) is 2.71. The van der Waals surface area contributed by atoms with Gasteiger partial charge in [-0.15, -0.1) is 0 Å². The van der Waals surface area contributed by atoms with Gasteiger partial charge in [0.25, 0.3) is 11.6 Å². The fourth-order valence-electron chi connectivity index (χ4n) is 4.70. The Morgan fingerprint density at radius 1 is 1.24 bits per heavy atom. The largest absolute Gasteiger partial charge is 0.362 e. The molecule has 0 bridgehead atoms. The highest BCUT2D eigenvalue weighted by Gasteiger charge is 2.43. The number of allylic oxidation sites excluding steroid dienone is 3. The molecular weight excluding hydrogens is 456 g/mol. The van der Waals surface area contributed by atoms with Crippen molar-refractivity contribution in [2.24, 2.45) is 5.41 Å². The number of nitro groups is 1. The summed E-state index contributed by atoms with van der Waals surface area (Å²) in [5.41, 5.74) is 2.82. The molecule has 1 aliphatic carbocycles. The van der Waals surface area contributed by atoms with Crippen molar-refractivity contribution >= 4 is 34.8 Å². The summed E-state index contributed by atoms with van der Waals surface area (Å²) in [4.78, 5) is 42.1. The summed E-state index contributed by atoms with van der Waals surface area (Å²) in [6.07, 6.45) is 2.49. The Morgan fingerprint density at radius 2 is 1.97 bits per heavy atom. The number of dihydropyridines is 1. The molecule has 9 heteroatoms. The van der Waals surface area contributed by atoms with Crippen LogP contribution in [0.4, 0.5) is 11.5 Å². The number of nitrogens with zero attached hydrogens (tertiary/aromatic N) is 2. The lowest BCUT2D eigenvalue weighted by molar-refractivity contribution is -0.384. The summed E-state index contributed by atoms with van der Waals surface area (Å²) in [5, 5.41) is 17.8. The summed E-state index contributed by atoms with van der Waals surface area (Å²) in [6.45, 7) is 7.66. The second-order valence-electron chi connectivity index (χ2n) is 9.57. The van der Waals surface area contributed by atoms with E-state index in [4.69, 9.17) is 11.6 Å². The standard InChI is InChI=1S/C25H25ClN4O4/c1-13-7-8-27-20(9-13)29-24(32)21-14(2)28-18-11-25(3,4)12-19(31)23(18)22(21)16-10-15(30(33)34)5-6-17(16)26/h5-10,22,28H,11-12H2,1-4H3,(H,27,29,32). The van der Waals surface area contributed by atoms with E-state index in [1.807, 2.05) is 26.8 Å². The van der Waals surface area contributed by atoms with Crippen LogP contribution in [0.3, 0.4) is 0 Å². The smallest absolute Gasteiger partial charge is 0.269 e. The van der Waals surface area contributed by atoms with Gasteiger partial charge in [-0.1, -0.05) is 25.4 Å². The zero-order chi connectivity index (χ0) is 24.8. The Labute approximate surface area is 202 Å². The maximum absolute atomic E-state index is 13.6. The van der Waals surface area contributed by atoms with Gasteiger partial charge in [0.05, 0.1) is 4.92 Å². The summed E-state index contributed by atoms with van der Waals surface area (Å²) >= 11 is 6.52. The molecule has 1 aliphatic heterocycles. The molecule has 0 spiro atoms. The molecule has 1 amide bonds. The molecule has 1 unspecified atom stereocenters. The molecule has 0 saturated carbocycles. The van der Waals surface area contributed by atoms with Gasteiger partial charge in [-0.3, -0.25) is 19.7 Å². The van der Waals surface area contributed by atoms with E-state index in [9.17, 15) is 19.7 Å². The summed E-state index contributed by atoms with van der Waals surface area (Å²) in [7, 11) is 0. The van der Waals surface area contributed by atoms with Crippen molar-refractivity contribution < 1.29 is 14.5 Å². The van der Waals surface area contributed by atoms with Crippen LogP contribution in [0, 0.1) is 22.5 Å². The van der Waals surface area contributed by atoms with Crippen LogP contribution in [-0.4, -0.2) is 21.6 Å². The molecule has 8 nitrogen and oxygen atoms in total. The van der Waals surface area contributed by atoms with Crippen molar-refractivity contribution in [3.63, 3.8) is 0 Å². The van der Waals surface area contributed by atoms with Crippen LogP contribution in [0.5, 0.6) is 0 Å². The molecule has 0 radical (unpaired) electrons. The summed E-state index contributed by atoms with van der Waals surface area (Å²) in [5.74, 6) is -1.06. The fourth-order valence-corrected chi connectivity index (χ4v) is 4.93. The van der Waals surface area contributed by atoms with Gasteiger partial charge in [0.2, 0.25) is 0 Å². The van der Waals surface area contributed by atoms with E-state index in [0.29, 0.717) is 35.5 Å². The number of non-ortho nitro benzene ring substituents is 1. The Morgan fingerprint density at radius 3 is 2.65 bits per heavy atom. The topological polar surface area (TPSA) is 114 Å². The van der Waals surface area contributed by atoms with Crippen LogP contribution in [0.2, 0.25) is 5.02 Å². The van der Waals surface area contributed by atoms with Crippen molar-refractivity contribution in [3.8, 4) is 0 Å². The third kappa shape index (κ3) is 4.46. The summed E-state index contributed by atoms with van der Waals surface area (Å²) in [6, 6.07) is 7.63. The number of halogens is 1. The first-order valence-electron chi connectivity index (χ1n) is 10.9. The molecule has 176 valence electrons. The zero-order valence-corrected chi connectivity index (χ0v) is 20.1. The number of hydrogen-bond donors (Lipinski definition) is 2. The quantitative estimate of drug-likeness (QED) is 0.459. The number of hydrogen-bond acceptors (Lipinski definition) is 6. The Bertz CT molecular complexity index is 1300. The number of benzene rings is 1. The normalized spacial score (nSPS) is 19.4. The number of rotatable bonds is 4. The van der Waals surface area contributed by atoms with Crippen LogP contribution >= 0.6 is 11.6 Å². The van der Waals surface area contributed by atoms with E-state index in [-0.39, 0.29) is 27.5 Å². The monoisotopic (exact) mass is 480 g/mol. The number of pyridine rings is 1.